The molecular weight excluding hydrogens is 230 g/mol. The Bertz CT molecular complexity index is 582. The van der Waals surface area contributed by atoms with Crippen LogP contribution in [-0.2, 0) is 6.54 Å². The van der Waals surface area contributed by atoms with E-state index in [4.69, 9.17) is 0 Å². The molecule has 2 aliphatic rings. The molecule has 0 N–H and O–H groups in total. The van der Waals surface area contributed by atoms with Crippen LogP contribution in [0.1, 0.15) is 63.4 Å². The zero-order chi connectivity index (χ0) is 13.2. The van der Waals surface area contributed by atoms with Crippen LogP contribution in [0.3, 0.4) is 0 Å². The second kappa shape index (κ2) is 5.40. The summed E-state index contributed by atoms with van der Waals surface area (Å²) < 4.78 is 2.49. The first-order valence-corrected chi connectivity index (χ1v) is 7.86. The molecule has 1 aliphatic heterocycles. The minimum absolute atomic E-state index is 0.795. The van der Waals surface area contributed by atoms with E-state index in [1.54, 1.807) is 5.56 Å². The molecule has 0 radical (unpaired) electrons. The fraction of sp³-hybridized carbons (Fsp3) is 0.556. The second-order valence-electron chi connectivity index (χ2n) is 6.00. The fourth-order valence-electron chi connectivity index (χ4n) is 3.93. The average molecular weight is 255 g/mol. The van der Waals surface area contributed by atoms with Gasteiger partial charge in [0.05, 0.1) is 5.35 Å². The zero-order valence-corrected chi connectivity index (χ0v) is 12.1. The van der Waals surface area contributed by atoms with Crippen LogP contribution >= 0.6 is 0 Å². The highest BCUT2D eigenvalue weighted by Gasteiger charge is 2.20. The summed E-state index contributed by atoms with van der Waals surface area (Å²) in [6.45, 7) is 7.39. The molecule has 1 aromatic rings. The van der Waals surface area contributed by atoms with E-state index in [9.17, 15) is 0 Å². The molecule has 0 saturated heterocycles. The van der Waals surface area contributed by atoms with E-state index in [1.165, 1.54) is 67.6 Å². The number of rotatable bonds is 2. The van der Waals surface area contributed by atoms with Gasteiger partial charge >= 0.3 is 0 Å². The molecule has 1 aliphatic carbocycles. The van der Waals surface area contributed by atoms with Gasteiger partial charge in [-0.05, 0) is 54.9 Å². The Morgan fingerprint density at radius 3 is 2.68 bits per heavy atom. The highest BCUT2D eigenvalue weighted by Crippen LogP contribution is 2.31. The highest BCUT2D eigenvalue weighted by molar-refractivity contribution is 5.56. The van der Waals surface area contributed by atoms with Gasteiger partial charge in [0.15, 0.2) is 0 Å². The van der Waals surface area contributed by atoms with E-state index in [1.807, 2.05) is 0 Å². The molecule has 1 aromatic heterocycles. The Kier molecular flexibility index (Phi) is 3.63. The lowest BCUT2D eigenvalue weighted by atomic mass is 9.84. The molecule has 0 bridgehead atoms. The summed E-state index contributed by atoms with van der Waals surface area (Å²) in [5.74, 6) is 0.795. The van der Waals surface area contributed by atoms with Crippen LogP contribution < -0.4 is 10.6 Å². The summed E-state index contributed by atoms with van der Waals surface area (Å²) in [4.78, 5) is 0. The topological polar surface area (TPSA) is 4.93 Å². The molecule has 2 heterocycles. The van der Waals surface area contributed by atoms with Crippen LogP contribution in [-0.4, -0.2) is 4.57 Å². The molecule has 0 spiro atoms. The smallest absolute Gasteiger partial charge is 0.0512 e. The van der Waals surface area contributed by atoms with Gasteiger partial charge in [0.25, 0.3) is 0 Å². The summed E-state index contributed by atoms with van der Waals surface area (Å²) >= 11 is 0. The first-order valence-electron chi connectivity index (χ1n) is 7.86. The quantitative estimate of drug-likeness (QED) is 0.762. The molecule has 3 rings (SSSR count). The maximum atomic E-state index is 4.02. The van der Waals surface area contributed by atoms with E-state index in [-0.39, 0.29) is 0 Å². The molecule has 102 valence electrons. The first kappa shape index (κ1) is 12.8. The normalized spacial score (nSPS) is 21.5. The number of fused-ring (bicyclic) bond motifs is 1. The van der Waals surface area contributed by atoms with Crippen LogP contribution in [0, 0.1) is 0 Å². The molecule has 0 aromatic carbocycles. The summed E-state index contributed by atoms with van der Waals surface area (Å²) in [5, 5.41) is 2.96. The second-order valence-corrected chi connectivity index (χ2v) is 6.00. The number of aryl methyl sites for hydroxylation is 1. The summed E-state index contributed by atoms with van der Waals surface area (Å²) in [7, 11) is 0. The number of nitrogens with zero attached hydrogens (tertiary/aromatic N) is 1. The van der Waals surface area contributed by atoms with Gasteiger partial charge in [0.1, 0.15) is 0 Å². The van der Waals surface area contributed by atoms with E-state index >= 15 is 0 Å². The van der Waals surface area contributed by atoms with Gasteiger partial charge in [-0.25, -0.2) is 0 Å². The van der Waals surface area contributed by atoms with E-state index in [0.29, 0.717) is 0 Å². The third-order valence-corrected chi connectivity index (χ3v) is 4.88. The maximum absolute atomic E-state index is 4.02. The Labute approximate surface area is 116 Å². The van der Waals surface area contributed by atoms with Crippen molar-refractivity contribution < 1.29 is 0 Å². The number of hydrogen-bond acceptors (Lipinski definition) is 0. The maximum Gasteiger partial charge on any atom is 0.0512 e. The van der Waals surface area contributed by atoms with Gasteiger partial charge in [0.2, 0.25) is 0 Å². The van der Waals surface area contributed by atoms with Crippen molar-refractivity contribution in [2.75, 3.05) is 0 Å². The largest absolute Gasteiger partial charge is 0.347 e. The fourth-order valence-corrected chi connectivity index (χ4v) is 3.93. The van der Waals surface area contributed by atoms with Crippen molar-refractivity contribution in [1.82, 2.24) is 4.57 Å². The van der Waals surface area contributed by atoms with Crippen molar-refractivity contribution in [3.8, 4) is 0 Å². The van der Waals surface area contributed by atoms with Gasteiger partial charge in [-0.2, -0.15) is 0 Å². The average Bonchev–Trinajstić information content (AvgIpc) is 2.86. The van der Waals surface area contributed by atoms with Crippen LogP contribution in [0.25, 0.3) is 11.6 Å². The summed E-state index contributed by atoms with van der Waals surface area (Å²) in [6, 6.07) is 0. The van der Waals surface area contributed by atoms with E-state index in [2.05, 4.69) is 36.4 Å². The van der Waals surface area contributed by atoms with Crippen LogP contribution in [0.15, 0.2) is 18.9 Å². The Balaban J connectivity index is 2.18. The number of allylic oxidation sites excluding steroid dienone is 1. The third-order valence-electron chi connectivity index (χ3n) is 4.88. The molecular formula is C18H25N. The molecule has 1 nitrogen and oxygen atoms in total. The monoisotopic (exact) mass is 255 g/mol. The minimum atomic E-state index is 0.795. The molecule has 1 heteroatoms. The Morgan fingerprint density at radius 1 is 1.21 bits per heavy atom. The lowest BCUT2D eigenvalue weighted by molar-refractivity contribution is 0.442. The van der Waals surface area contributed by atoms with Gasteiger partial charge in [0, 0.05) is 12.7 Å². The molecule has 0 amide bonds. The summed E-state index contributed by atoms with van der Waals surface area (Å²) in [5.41, 5.74) is 3.06. The van der Waals surface area contributed by atoms with Crippen molar-refractivity contribution in [3.63, 3.8) is 0 Å². The lowest BCUT2D eigenvalue weighted by Gasteiger charge is -2.20. The van der Waals surface area contributed by atoms with Crippen molar-refractivity contribution in [1.29, 1.82) is 0 Å². The molecule has 0 atom stereocenters. The minimum Gasteiger partial charge on any atom is -0.347 e. The van der Waals surface area contributed by atoms with Crippen molar-refractivity contribution >= 4 is 11.6 Å². The van der Waals surface area contributed by atoms with Crippen LogP contribution in [0.4, 0.5) is 0 Å². The van der Waals surface area contributed by atoms with E-state index in [0.717, 1.165) is 5.92 Å². The van der Waals surface area contributed by atoms with Crippen LogP contribution in [0.5, 0.6) is 0 Å². The Hall–Kier alpha value is -1.24. The third kappa shape index (κ3) is 2.20. The van der Waals surface area contributed by atoms with Gasteiger partial charge < -0.3 is 4.57 Å². The molecule has 1 fully saturated rings. The summed E-state index contributed by atoms with van der Waals surface area (Å²) in [6.07, 6.45) is 16.3. The number of aromatic nitrogens is 1. The highest BCUT2D eigenvalue weighted by atomic mass is 15.0. The number of hydrogen-bond donors (Lipinski definition) is 0. The van der Waals surface area contributed by atoms with Crippen molar-refractivity contribution in [2.24, 2.45) is 0 Å². The van der Waals surface area contributed by atoms with Crippen molar-refractivity contribution in [2.45, 2.75) is 64.3 Å². The van der Waals surface area contributed by atoms with Gasteiger partial charge in [-0.3, -0.25) is 0 Å². The molecule has 1 saturated carbocycles. The first-order chi connectivity index (χ1) is 9.35. The zero-order valence-electron chi connectivity index (χ0n) is 12.1. The van der Waals surface area contributed by atoms with Crippen LogP contribution in [0.2, 0.25) is 0 Å². The molecule has 19 heavy (non-hydrogen) atoms. The van der Waals surface area contributed by atoms with Gasteiger partial charge in [-0.1, -0.05) is 38.0 Å². The molecule has 0 unspecified atom stereocenters. The van der Waals surface area contributed by atoms with Gasteiger partial charge in [-0.15, -0.1) is 0 Å². The predicted molar refractivity (Wildman–Crippen MR) is 82.5 cm³/mol. The lowest BCUT2D eigenvalue weighted by Crippen LogP contribution is -2.35. The SMILES string of the molecule is C=CC1=c2/c(=C\C)c(C3CCCCC3)cn2CCC1. The van der Waals surface area contributed by atoms with Crippen molar-refractivity contribution in [3.05, 3.63) is 35.0 Å². The predicted octanol–water partition coefficient (Wildman–Crippen LogP) is 3.47. The standard InChI is InChI=1S/C18H25N/c1-3-14-11-8-12-19-13-17(16(4-2)18(14)19)15-9-6-5-7-10-15/h3-4,13,15H,1,5-12H2,2H3/b16-4-. The van der Waals surface area contributed by atoms with E-state index < -0.39 is 0 Å². The Morgan fingerprint density at radius 2 is 2.00 bits per heavy atom.